The van der Waals surface area contributed by atoms with Gasteiger partial charge in [-0.2, -0.15) is 0 Å². The first-order chi connectivity index (χ1) is 16.1. The Balaban J connectivity index is 1.38. The number of carbonyl (C=O) groups is 2. The quantitative estimate of drug-likeness (QED) is 0.630. The van der Waals surface area contributed by atoms with Crippen LogP contribution in [-0.4, -0.2) is 66.7 Å². The first-order valence-electron chi connectivity index (χ1n) is 12.5. The molecule has 9 heteroatoms. The van der Waals surface area contributed by atoms with Gasteiger partial charge in [0.05, 0.1) is 11.0 Å². The summed E-state index contributed by atoms with van der Waals surface area (Å²) in [6.07, 6.45) is 5.52. The third kappa shape index (κ3) is 5.77. The summed E-state index contributed by atoms with van der Waals surface area (Å²) in [5, 5.41) is 2.84. The molecule has 2 atom stereocenters. The van der Waals surface area contributed by atoms with Gasteiger partial charge >= 0.3 is 0 Å². The van der Waals surface area contributed by atoms with Crippen molar-refractivity contribution < 1.29 is 18.0 Å². The van der Waals surface area contributed by atoms with Gasteiger partial charge in [0.2, 0.25) is 11.8 Å². The van der Waals surface area contributed by atoms with Crippen LogP contribution >= 0.6 is 11.6 Å². The zero-order valence-corrected chi connectivity index (χ0v) is 21.8. The smallest absolute Gasteiger partial charge is 0.226 e. The van der Waals surface area contributed by atoms with Crippen LogP contribution in [0.3, 0.4) is 0 Å². The third-order valence-corrected chi connectivity index (χ3v) is 10.2. The fourth-order valence-electron chi connectivity index (χ4n) is 5.68. The van der Waals surface area contributed by atoms with E-state index in [4.69, 9.17) is 11.6 Å². The van der Waals surface area contributed by atoms with Crippen LogP contribution in [0.5, 0.6) is 0 Å². The molecular weight excluding hydrogens is 474 g/mol. The molecule has 1 aliphatic carbocycles. The molecule has 3 aliphatic rings. The van der Waals surface area contributed by atoms with Crippen molar-refractivity contribution in [2.24, 2.45) is 5.92 Å². The van der Waals surface area contributed by atoms with Crippen molar-refractivity contribution in [3.63, 3.8) is 0 Å². The maximum atomic E-state index is 12.9. The number of carbonyl (C=O) groups excluding carboxylic acids is 2. The Hall–Kier alpha value is -1.64. The molecular formula is C25H36ClN3O4S. The first-order valence-corrected chi connectivity index (χ1v) is 14.6. The van der Waals surface area contributed by atoms with Gasteiger partial charge in [-0.3, -0.25) is 14.5 Å². The van der Waals surface area contributed by atoms with Crippen molar-refractivity contribution in [2.45, 2.75) is 76.6 Å². The van der Waals surface area contributed by atoms with Crippen LogP contribution in [0.15, 0.2) is 12.1 Å². The largest absolute Gasteiger partial charge is 0.337 e. The van der Waals surface area contributed by atoms with Crippen molar-refractivity contribution in [2.75, 3.05) is 30.7 Å². The summed E-state index contributed by atoms with van der Waals surface area (Å²) >= 11 is 6.39. The predicted octanol–water partition coefficient (Wildman–Crippen LogP) is 3.78. The maximum absolute atomic E-state index is 12.9. The molecule has 2 heterocycles. The van der Waals surface area contributed by atoms with Gasteiger partial charge in [-0.05, 0) is 62.8 Å². The number of hydrogen-bond acceptors (Lipinski definition) is 5. The maximum Gasteiger partial charge on any atom is 0.226 e. The van der Waals surface area contributed by atoms with Gasteiger partial charge in [0.25, 0.3) is 0 Å². The Morgan fingerprint density at radius 2 is 1.85 bits per heavy atom. The van der Waals surface area contributed by atoms with Gasteiger partial charge in [-0.15, -0.1) is 0 Å². The van der Waals surface area contributed by atoms with Crippen LogP contribution in [-0.2, 0) is 26.0 Å². The van der Waals surface area contributed by atoms with E-state index in [-0.39, 0.29) is 30.0 Å². The van der Waals surface area contributed by atoms with Gasteiger partial charge in [-0.1, -0.05) is 24.4 Å². The number of piperazine rings is 1. The molecule has 2 aliphatic heterocycles. The molecule has 0 radical (unpaired) electrons. The molecule has 0 spiro atoms. The molecule has 2 unspecified atom stereocenters. The van der Waals surface area contributed by atoms with Gasteiger partial charge in [0.1, 0.15) is 0 Å². The summed E-state index contributed by atoms with van der Waals surface area (Å²) in [5.74, 6) is 0.398. The van der Waals surface area contributed by atoms with Crippen LogP contribution in [0.1, 0.15) is 63.0 Å². The number of sulfone groups is 1. The van der Waals surface area contributed by atoms with Crippen LogP contribution in [0.2, 0.25) is 5.02 Å². The molecule has 2 saturated heterocycles. The highest BCUT2D eigenvalue weighted by Crippen LogP contribution is 2.30. The Bertz CT molecular complexity index is 1040. The van der Waals surface area contributed by atoms with Crippen molar-refractivity contribution in [3.8, 4) is 0 Å². The van der Waals surface area contributed by atoms with Crippen LogP contribution in [0, 0.1) is 12.8 Å². The van der Waals surface area contributed by atoms with E-state index in [1.807, 2.05) is 13.0 Å². The molecule has 188 valence electrons. The van der Waals surface area contributed by atoms with Crippen LogP contribution in [0.4, 0.5) is 5.69 Å². The molecule has 0 aromatic heterocycles. The van der Waals surface area contributed by atoms with Gasteiger partial charge in [-0.25, -0.2) is 8.42 Å². The first kappa shape index (κ1) is 25.5. The normalized spacial score (nSPS) is 25.6. The van der Waals surface area contributed by atoms with Crippen molar-refractivity contribution in [1.29, 1.82) is 0 Å². The average molecular weight is 510 g/mol. The zero-order chi connectivity index (χ0) is 24.5. The molecule has 2 amide bonds. The van der Waals surface area contributed by atoms with E-state index in [0.717, 1.165) is 56.4 Å². The SMILES string of the molecule is Cc1c(CN2CCN(C(=O)C3CCCC3)C(C)C2)cc(Cl)cc1NC(=O)CC1CCCS1(=O)=O. The number of anilines is 1. The van der Waals surface area contributed by atoms with Gasteiger partial charge < -0.3 is 10.2 Å². The number of nitrogens with zero attached hydrogens (tertiary/aromatic N) is 2. The number of rotatable bonds is 6. The number of halogens is 1. The lowest BCUT2D eigenvalue weighted by Gasteiger charge is -2.41. The predicted molar refractivity (Wildman–Crippen MR) is 135 cm³/mol. The number of hydrogen-bond donors (Lipinski definition) is 1. The Morgan fingerprint density at radius 1 is 1.12 bits per heavy atom. The minimum atomic E-state index is -3.16. The summed E-state index contributed by atoms with van der Waals surface area (Å²) in [7, 11) is -3.16. The van der Waals surface area contributed by atoms with Gasteiger partial charge in [0.15, 0.2) is 9.84 Å². The second-order valence-corrected chi connectivity index (χ2v) is 13.1. The van der Waals surface area contributed by atoms with E-state index < -0.39 is 15.1 Å². The minimum absolute atomic E-state index is 0.0158. The Kier molecular flexibility index (Phi) is 7.89. The minimum Gasteiger partial charge on any atom is -0.337 e. The zero-order valence-electron chi connectivity index (χ0n) is 20.2. The summed E-state index contributed by atoms with van der Waals surface area (Å²) in [5.41, 5.74) is 2.59. The van der Waals surface area contributed by atoms with Crippen molar-refractivity contribution >= 4 is 38.9 Å². The fourth-order valence-corrected chi connectivity index (χ4v) is 7.75. The summed E-state index contributed by atoms with van der Waals surface area (Å²) in [4.78, 5) is 29.9. The van der Waals surface area contributed by atoms with Crippen LogP contribution < -0.4 is 5.32 Å². The second-order valence-electron chi connectivity index (χ2n) is 10.2. The standard InChI is InChI=1S/C25H36ClN3O4S/c1-17-15-28(9-10-29(17)25(31)19-6-3-4-7-19)16-20-12-21(26)13-23(18(20)2)27-24(30)14-22-8-5-11-34(22,32)33/h12-13,17,19,22H,3-11,14-16H2,1-2H3,(H,27,30). The fraction of sp³-hybridized carbons (Fsp3) is 0.680. The Morgan fingerprint density at radius 3 is 2.50 bits per heavy atom. The van der Waals surface area contributed by atoms with Crippen molar-refractivity contribution in [3.05, 3.63) is 28.3 Å². The lowest BCUT2D eigenvalue weighted by molar-refractivity contribution is -0.140. The molecule has 1 aromatic rings. The van der Waals surface area contributed by atoms with E-state index in [9.17, 15) is 18.0 Å². The number of nitrogens with one attached hydrogen (secondary N) is 1. The molecule has 4 rings (SSSR count). The highest BCUT2D eigenvalue weighted by molar-refractivity contribution is 7.92. The highest BCUT2D eigenvalue weighted by atomic mass is 35.5. The molecule has 3 fully saturated rings. The summed E-state index contributed by atoms with van der Waals surface area (Å²) in [6.45, 7) is 7.09. The van der Waals surface area contributed by atoms with E-state index in [1.54, 1.807) is 6.07 Å². The molecule has 1 aromatic carbocycles. The summed E-state index contributed by atoms with van der Waals surface area (Å²) in [6, 6.07) is 3.81. The monoisotopic (exact) mass is 509 g/mol. The molecule has 34 heavy (non-hydrogen) atoms. The molecule has 1 saturated carbocycles. The molecule has 1 N–H and O–H groups in total. The number of benzene rings is 1. The van der Waals surface area contributed by atoms with E-state index in [0.29, 0.717) is 36.0 Å². The second kappa shape index (κ2) is 10.5. The van der Waals surface area contributed by atoms with Gasteiger partial charge in [0, 0.05) is 55.3 Å². The van der Waals surface area contributed by atoms with Crippen molar-refractivity contribution in [1.82, 2.24) is 9.80 Å². The van der Waals surface area contributed by atoms with Crippen LogP contribution in [0.25, 0.3) is 0 Å². The third-order valence-electron chi connectivity index (χ3n) is 7.72. The number of amides is 2. The van der Waals surface area contributed by atoms with E-state index in [2.05, 4.69) is 22.0 Å². The topological polar surface area (TPSA) is 86.8 Å². The average Bonchev–Trinajstić information content (AvgIpc) is 3.41. The highest BCUT2D eigenvalue weighted by Gasteiger charge is 2.34. The molecule has 0 bridgehead atoms. The van der Waals surface area contributed by atoms with E-state index >= 15 is 0 Å². The summed E-state index contributed by atoms with van der Waals surface area (Å²) < 4.78 is 24.2. The molecule has 7 nitrogen and oxygen atoms in total. The Labute approximate surface area is 208 Å². The van der Waals surface area contributed by atoms with E-state index in [1.165, 1.54) is 0 Å². The lowest BCUT2D eigenvalue weighted by Crippen LogP contribution is -2.54. The lowest BCUT2D eigenvalue weighted by atomic mass is 10.0.